The molecule has 0 aliphatic rings. The van der Waals surface area contributed by atoms with Gasteiger partial charge in [0.05, 0.1) is 17.7 Å². The van der Waals surface area contributed by atoms with Crippen LogP contribution >= 0.6 is 0 Å². The van der Waals surface area contributed by atoms with Crippen LogP contribution in [0.25, 0.3) is 0 Å². The Morgan fingerprint density at radius 3 is 1.82 bits per heavy atom. The summed E-state index contributed by atoms with van der Waals surface area (Å²) in [7, 11) is 0. The summed E-state index contributed by atoms with van der Waals surface area (Å²) < 4.78 is 10.2. The smallest absolute Gasteiger partial charge is 0.339 e. The van der Waals surface area contributed by atoms with E-state index in [1.54, 1.807) is 24.3 Å². The molecule has 0 radical (unpaired) electrons. The predicted octanol–water partition coefficient (Wildman–Crippen LogP) is 5.94. The number of carbonyl (C=O) groups is 2. The first-order valence-corrected chi connectivity index (χ1v) is 10.6. The van der Waals surface area contributed by atoms with Gasteiger partial charge in [-0.15, -0.1) is 0 Å². The van der Waals surface area contributed by atoms with Gasteiger partial charge >= 0.3 is 11.9 Å². The van der Waals surface area contributed by atoms with E-state index < -0.39 is 5.97 Å². The van der Waals surface area contributed by atoms with Crippen molar-refractivity contribution < 1.29 is 19.1 Å². The van der Waals surface area contributed by atoms with Gasteiger partial charge in [-0.3, -0.25) is 0 Å². The lowest BCUT2D eigenvalue weighted by Gasteiger charge is -2.04. The van der Waals surface area contributed by atoms with Crippen LogP contribution in [0.1, 0.15) is 98.8 Å². The van der Waals surface area contributed by atoms with E-state index >= 15 is 0 Å². The molecule has 0 heterocycles. The fraction of sp³-hybridized carbons (Fsp3) is 0.583. The molecule has 0 fully saturated rings. The number of carbonyl (C=O) groups excluding carboxylic acids is 2. The maximum atomic E-state index is 12.0. The first-order valence-electron chi connectivity index (χ1n) is 10.6. The van der Waals surface area contributed by atoms with Crippen LogP contribution in [0.4, 0.5) is 0 Å². The molecule has 0 aromatic heterocycles. The van der Waals surface area contributed by atoms with Crippen molar-refractivity contribution in [3.8, 4) is 11.8 Å². The van der Waals surface area contributed by atoms with Crippen LogP contribution in [0, 0.1) is 11.8 Å². The molecular formula is C24H34O4. The van der Waals surface area contributed by atoms with Gasteiger partial charge in [0.2, 0.25) is 0 Å². The highest BCUT2D eigenvalue weighted by atomic mass is 16.5. The summed E-state index contributed by atoms with van der Waals surface area (Å²) >= 11 is 0. The summed E-state index contributed by atoms with van der Waals surface area (Å²) in [6.07, 6.45) is 11.9. The molecule has 0 bridgehead atoms. The Balaban J connectivity index is 2.16. The largest absolute Gasteiger partial charge is 0.462 e. The minimum atomic E-state index is -0.435. The normalized spacial score (nSPS) is 10.1. The van der Waals surface area contributed by atoms with Gasteiger partial charge in [-0.2, -0.15) is 0 Å². The van der Waals surface area contributed by atoms with Gasteiger partial charge in [0.25, 0.3) is 0 Å². The first kappa shape index (κ1) is 23.8. The average molecular weight is 387 g/mol. The molecule has 0 saturated heterocycles. The van der Waals surface area contributed by atoms with Crippen molar-refractivity contribution in [2.75, 3.05) is 13.2 Å². The SMILES string of the molecule is CCCCCCCCCCC#CCOC(=O)c1ccc(C(=O)OCCC)cc1. The van der Waals surface area contributed by atoms with Crippen LogP contribution in [0.3, 0.4) is 0 Å². The van der Waals surface area contributed by atoms with E-state index in [2.05, 4.69) is 18.8 Å². The van der Waals surface area contributed by atoms with Gasteiger partial charge in [0.15, 0.2) is 6.61 Å². The van der Waals surface area contributed by atoms with Gasteiger partial charge < -0.3 is 9.47 Å². The monoisotopic (exact) mass is 386 g/mol. The molecular weight excluding hydrogens is 352 g/mol. The van der Waals surface area contributed by atoms with Crippen LogP contribution in [-0.2, 0) is 9.47 Å². The molecule has 1 aromatic carbocycles. The second kappa shape index (κ2) is 15.7. The van der Waals surface area contributed by atoms with Crippen LogP contribution in [0.5, 0.6) is 0 Å². The molecule has 1 rings (SSSR count). The molecule has 0 N–H and O–H groups in total. The van der Waals surface area contributed by atoms with E-state index in [1.165, 1.54) is 44.9 Å². The number of ether oxygens (including phenoxy) is 2. The molecule has 0 aliphatic carbocycles. The van der Waals surface area contributed by atoms with Gasteiger partial charge in [-0.05, 0) is 37.1 Å². The fourth-order valence-corrected chi connectivity index (χ4v) is 2.69. The number of benzene rings is 1. The minimum absolute atomic E-state index is 0.0934. The van der Waals surface area contributed by atoms with E-state index in [4.69, 9.17) is 9.47 Å². The molecule has 0 spiro atoms. The molecule has 4 nitrogen and oxygen atoms in total. The summed E-state index contributed by atoms with van der Waals surface area (Å²) in [4.78, 5) is 23.7. The van der Waals surface area contributed by atoms with E-state index in [0.29, 0.717) is 17.7 Å². The highest BCUT2D eigenvalue weighted by molar-refractivity contribution is 5.93. The van der Waals surface area contributed by atoms with Crippen LogP contribution in [0.2, 0.25) is 0 Å². The van der Waals surface area contributed by atoms with Crippen LogP contribution in [-0.4, -0.2) is 25.2 Å². The Labute approximate surface area is 170 Å². The van der Waals surface area contributed by atoms with Crippen molar-refractivity contribution in [3.05, 3.63) is 35.4 Å². The lowest BCUT2D eigenvalue weighted by Crippen LogP contribution is -2.08. The standard InChI is InChI=1S/C24H34O4/c1-3-5-6-7-8-9-10-11-12-13-14-20-28-24(26)22-17-15-21(16-18-22)23(25)27-19-4-2/h15-18H,3-12,19-20H2,1-2H3. The zero-order chi connectivity index (χ0) is 20.5. The lowest BCUT2D eigenvalue weighted by molar-refractivity contribution is 0.0501. The summed E-state index contributed by atoms with van der Waals surface area (Å²) in [6.45, 7) is 4.65. The van der Waals surface area contributed by atoms with E-state index in [1.807, 2.05) is 6.92 Å². The zero-order valence-corrected chi connectivity index (χ0v) is 17.4. The molecule has 0 aliphatic heterocycles. The second-order valence-electron chi connectivity index (χ2n) is 6.87. The van der Waals surface area contributed by atoms with E-state index in [0.717, 1.165) is 19.3 Å². The van der Waals surface area contributed by atoms with E-state index in [9.17, 15) is 9.59 Å². The highest BCUT2D eigenvalue weighted by Gasteiger charge is 2.10. The number of rotatable bonds is 13. The predicted molar refractivity (Wildman–Crippen MR) is 112 cm³/mol. The van der Waals surface area contributed by atoms with Gasteiger partial charge in [-0.1, -0.05) is 70.6 Å². The highest BCUT2D eigenvalue weighted by Crippen LogP contribution is 2.09. The van der Waals surface area contributed by atoms with Crippen LogP contribution < -0.4 is 0 Å². The summed E-state index contributed by atoms with van der Waals surface area (Å²) in [5, 5.41) is 0. The van der Waals surface area contributed by atoms with Crippen molar-refractivity contribution >= 4 is 11.9 Å². The minimum Gasteiger partial charge on any atom is -0.462 e. The summed E-state index contributed by atoms with van der Waals surface area (Å²) in [5.74, 6) is 5.13. The van der Waals surface area contributed by atoms with Gasteiger partial charge in [-0.25, -0.2) is 9.59 Å². The quantitative estimate of drug-likeness (QED) is 0.239. The number of hydrogen-bond donors (Lipinski definition) is 0. The second-order valence-corrected chi connectivity index (χ2v) is 6.87. The molecule has 0 atom stereocenters. The molecule has 0 amide bonds. The Morgan fingerprint density at radius 1 is 0.714 bits per heavy atom. The first-order chi connectivity index (χ1) is 13.7. The molecule has 28 heavy (non-hydrogen) atoms. The third-order valence-corrected chi connectivity index (χ3v) is 4.35. The Kier molecular flexibility index (Phi) is 13.4. The summed E-state index contributed by atoms with van der Waals surface area (Å²) in [5.41, 5.74) is 0.826. The maximum Gasteiger partial charge on any atom is 0.339 e. The molecule has 0 unspecified atom stereocenters. The number of hydrogen-bond acceptors (Lipinski definition) is 4. The van der Waals surface area contributed by atoms with Crippen molar-refractivity contribution in [2.24, 2.45) is 0 Å². The maximum absolute atomic E-state index is 12.0. The topological polar surface area (TPSA) is 52.6 Å². The zero-order valence-electron chi connectivity index (χ0n) is 17.4. The van der Waals surface area contributed by atoms with Crippen molar-refractivity contribution in [3.63, 3.8) is 0 Å². The van der Waals surface area contributed by atoms with E-state index in [-0.39, 0.29) is 12.6 Å². The number of unbranched alkanes of at least 4 members (excludes halogenated alkanes) is 8. The fourth-order valence-electron chi connectivity index (χ4n) is 2.69. The Bertz CT molecular complexity index is 622. The van der Waals surface area contributed by atoms with Gasteiger partial charge in [0, 0.05) is 6.42 Å². The number of esters is 2. The van der Waals surface area contributed by atoms with Crippen molar-refractivity contribution in [1.82, 2.24) is 0 Å². The van der Waals surface area contributed by atoms with Gasteiger partial charge in [0.1, 0.15) is 0 Å². The Morgan fingerprint density at radius 2 is 1.25 bits per heavy atom. The molecule has 0 saturated carbocycles. The van der Waals surface area contributed by atoms with Crippen molar-refractivity contribution in [2.45, 2.75) is 78.1 Å². The molecule has 154 valence electrons. The third kappa shape index (κ3) is 10.8. The molecule has 1 aromatic rings. The summed E-state index contributed by atoms with van der Waals surface area (Å²) in [6, 6.07) is 6.28. The third-order valence-electron chi connectivity index (χ3n) is 4.35. The van der Waals surface area contributed by atoms with Crippen LogP contribution in [0.15, 0.2) is 24.3 Å². The molecule has 4 heteroatoms. The lowest BCUT2D eigenvalue weighted by atomic mass is 10.1. The average Bonchev–Trinajstić information content (AvgIpc) is 2.72. The Hall–Kier alpha value is -2.28. The van der Waals surface area contributed by atoms with Crippen molar-refractivity contribution in [1.29, 1.82) is 0 Å².